The van der Waals surface area contributed by atoms with E-state index in [0.29, 0.717) is 5.02 Å². The Morgan fingerprint density at radius 1 is 0.485 bits per heavy atom. The highest BCUT2D eigenvalue weighted by Gasteiger charge is 2.51. The molecular weight excluding hydrogens is 424 g/mol. The van der Waals surface area contributed by atoms with Gasteiger partial charge in [0.05, 0.1) is 5.41 Å². The lowest BCUT2D eigenvalue weighted by Gasteiger charge is -2.39. The second-order valence-corrected chi connectivity index (χ2v) is 9.10. The summed E-state index contributed by atoms with van der Waals surface area (Å²) in [5, 5.41) is 0.709. The molecular formula is C31H19ClO. The summed E-state index contributed by atoms with van der Waals surface area (Å²) in [6.07, 6.45) is 0. The van der Waals surface area contributed by atoms with E-state index < -0.39 is 5.41 Å². The molecule has 0 atom stereocenters. The van der Waals surface area contributed by atoms with Crippen molar-refractivity contribution in [2.75, 3.05) is 0 Å². The highest BCUT2D eigenvalue weighted by Crippen LogP contribution is 2.62. The maximum absolute atomic E-state index is 6.59. The van der Waals surface area contributed by atoms with E-state index in [4.69, 9.17) is 16.3 Å². The van der Waals surface area contributed by atoms with Gasteiger partial charge in [0.1, 0.15) is 11.5 Å². The number of ether oxygens (including phenoxy) is 1. The first-order valence-electron chi connectivity index (χ1n) is 11.1. The molecule has 2 aliphatic rings. The van der Waals surface area contributed by atoms with E-state index in [0.717, 1.165) is 22.6 Å². The third-order valence-corrected chi connectivity index (χ3v) is 7.24. The first-order chi connectivity index (χ1) is 16.3. The van der Waals surface area contributed by atoms with E-state index in [1.807, 2.05) is 18.2 Å². The summed E-state index contributed by atoms with van der Waals surface area (Å²) in [5.41, 5.74) is 9.16. The molecule has 0 fully saturated rings. The minimum absolute atomic E-state index is 0.494. The van der Waals surface area contributed by atoms with Gasteiger partial charge in [-0.15, -0.1) is 0 Å². The van der Waals surface area contributed by atoms with Gasteiger partial charge in [0.15, 0.2) is 0 Å². The minimum atomic E-state index is -0.494. The van der Waals surface area contributed by atoms with Crippen molar-refractivity contribution in [3.8, 4) is 33.8 Å². The topological polar surface area (TPSA) is 9.23 Å². The average molecular weight is 443 g/mol. The molecule has 0 bridgehead atoms. The molecule has 156 valence electrons. The van der Waals surface area contributed by atoms with Crippen LogP contribution in [0.2, 0.25) is 5.02 Å². The summed E-state index contributed by atoms with van der Waals surface area (Å²) in [6.45, 7) is 0. The zero-order valence-corrected chi connectivity index (χ0v) is 18.5. The zero-order chi connectivity index (χ0) is 22.0. The molecule has 0 aromatic heterocycles. The van der Waals surface area contributed by atoms with Gasteiger partial charge in [-0.25, -0.2) is 0 Å². The van der Waals surface area contributed by atoms with Crippen molar-refractivity contribution in [3.63, 3.8) is 0 Å². The normalized spacial score (nSPS) is 14.1. The van der Waals surface area contributed by atoms with Crippen LogP contribution in [0, 0.1) is 0 Å². The quantitative estimate of drug-likeness (QED) is 0.247. The van der Waals surface area contributed by atoms with Gasteiger partial charge in [-0.1, -0.05) is 96.5 Å². The van der Waals surface area contributed by atoms with Gasteiger partial charge in [-0.2, -0.15) is 0 Å². The van der Waals surface area contributed by atoms with Crippen molar-refractivity contribution in [2.45, 2.75) is 5.41 Å². The molecule has 5 aromatic carbocycles. The van der Waals surface area contributed by atoms with Gasteiger partial charge in [0.2, 0.25) is 0 Å². The van der Waals surface area contributed by atoms with Gasteiger partial charge < -0.3 is 4.74 Å². The highest BCUT2D eigenvalue weighted by atomic mass is 35.5. The Labute approximate surface area is 197 Å². The molecule has 1 nitrogen and oxygen atoms in total. The van der Waals surface area contributed by atoms with E-state index in [2.05, 4.69) is 97.1 Å². The molecule has 0 saturated heterocycles. The first-order valence-corrected chi connectivity index (χ1v) is 11.5. The van der Waals surface area contributed by atoms with E-state index in [9.17, 15) is 0 Å². The van der Waals surface area contributed by atoms with E-state index in [-0.39, 0.29) is 0 Å². The van der Waals surface area contributed by atoms with E-state index >= 15 is 0 Å². The van der Waals surface area contributed by atoms with Gasteiger partial charge in [0.25, 0.3) is 0 Å². The monoisotopic (exact) mass is 442 g/mol. The van der Waals surface area contributed by atoms with Crippen LogP contribution in [0.5, 0.6) is 11.5 Å². The van der Waals surface area contributed by atoms with Crippen LogP contribution in [0.25, 0.3) is 22.3 Å². The first kappa shape index (κ1) is 18.7. The number of hydrogen-bond donors (Lipinski definition) is 0. The van der Waals surface area contributed by atoms with Crippen molar-refractivity contribution in [3.05, 3.63) is 143 Å². The number of halogens is 1. The molecule has 33 heavy (non-hydrogen) atoms. The molecule has 0 radical (unpaired) electrons. The fraction of sp³-hybridized carbons (Fsp3) is 0.0323. The Kier molecular flexibility index (Phi) is 3.88. The maximum atomic E-state index is 6.59. The lowest BCUT2D eigenvalue weighted by Crippen LogP contribution is -2.32. The predicted octanol–water partition coefficient (Wildman–Crippen LogP) is 8.48. The maximum Gasteiger partial charge on any atom is 0.132 e. The van der Waals surface area contributed by atoms with E-state index in [1.54, 1.807) is 0 Å². The smallest absolute Gasteiger partial charge is 0.132 e. The second-order valence-electron chi connectivity index (χ2n) is 8.66. The Morgan fingerprint density at radius 3 is 1.76 bits per heavy atom. The summed E-state index contributed by atoms with van der Waals surface area (Å²) in [7, 11) is 0. The summed E-state index contributed by atoms with van der Waals surface area (Å²) in [5.74, 6) is 1.74. The Bertz CT molecular complexity index is 1510. The average Bonchev–Trinajstić information content (AvgIpc) is 3.16. The number of rotatable bonds is 1. The lowest BCUT2D eigenvalue weighted by atomic mass is 9.66. The third kappa shape index (κ3) is 2.49. The fourth-order valence-electron chi connectivity index (χ4n) is 5.69. The summed E-state index contributed by atoms with van der Waals surface area (Å²) in [6, 6.07) is 40.5. The van der Waals surface area contributed by atoms with E-state index in [1.165, 1.54) is 33.4 Å². The lowest BCUT2D eigenvalue weighted by molar-refractivity contribution is 0.436. The number of hydrogen-bond acceptors (Lipinski definition) is 1. The number of benzene rings is 5. The van der Waals surface area contributed by atoms with Crippen molar-refractivity contribution in [2.24, 2.45) is 0 Å². The van der Waals surface area contributed by atoms with Crippen molar-refractivity contribution in [1.82, 2.24) is 0 Å². The zero-order valence-electron chi connectivity index (χ0n) is 17.8. The van der Waals surface area contributed by atoms with Crippen LogP contribution in [-0.2, 0) is 5.41 Å². The van der Waals surface area contributed by atoms with Crippen molar-refractivity contribution < 1.29 is 4.74 Å². The van der Waals surface area contributed by atoms with Crippen LogP contribution in [0.1, 0.15) is 22.3 Å². The molecule has 0 saturated carbocycles. The molecule has 1 spiro atoms. The predicted molar refractivity (Wildman–Crippen MR) is 134 cm³/mol. The Morgan fingerprint density at radius 2 is 1.06 bits per heavy atom. The van der Waals surface area contributed by atoms with Crippen LogP contribution < -0.4 is 4.74 Å². The molecule has 1 aliphatic carbocycles. The molecule has 5 aromatic rings. The van der Waals surface area contributed by atoms with Crippen LogP contribution in [-0.4, -0.2) is 0 Å². The molecule has 1 heterocycles. The molecule has 0 N–H and O–H groups in total. The third-order valence-electron chi connectivity index (χ3n) is 7.01. The van der Waals surface area contributed by atoms with Gasteiger partial charge in [-0.3, -0.25) is 0 Å². The molecule has 7 rings (SSSR count). The number of fused-ring (bicyclic) bond motifs is 9. The SMILES string of the molecule is Clc1ccc2c(c1)C1(c3cc(-c4ccccc4)ccc3O2)c2ccccc2-c2ccccc21. The largest absolute Gasteiger partial charge is 0.457 e. The Hall–Kier alpha value is -3.81. The van der Waals surface area contributed by atoms with Crippen LogP contribution in [0.3, 0.4) is 0 Å². The summed E-state index contributed by atoms with van der Waals surface area (Å²) in [4.78, 5) is 0. The summed E-state index contributed by atoms with van der Waals surface area (Å²) >= 11 is 6.59. The van der Waals surface area contributed by atoms with Crippen LogP contribution in [0.4, 0.5) is 0 Å². The summed E-state index contributed by atoms with van der Waals surface area (Å²) < 4.78 is 6.48. The fourth-order valence-corrected chi connectivity index (χ4v) is 5.86. The molecule has 0 unspecified atom stereocenters. The van der Waals surface area contributed by atoms with Gasteiger partial charge >= 0.3 is 0 Å². The Balaban J connectivity index is 1.64. The van der Waals surface area contributed by atoms with Crippen molar-refractivity contribution >= 4 is 11.6 Å². The minimum Gasteiger partial charge on any atom is -0.457 e. The molecule has 1 aliphatic heterocycles. The molecule has 2 heteroatoms. The van der Waals surface area contributed by atoms with Crippen LogP contribution >= 0.6 is 11.6 Å². The molecule has 0 amide bonds. The van der Waals surface area contributed by atoms with Crippen molar-refractivity contribution in [1.29, 1.82) is 0 Å². The standard InChI is InChI=1S/C31H19ClO/c32-22-15-17-30-28(19-22)31(25-12-6-4-10-23(25)24-11-5-7-13-26(24)31)27-18-21(14-16-29(27)33-30)20-8-2-1-3-9-20/h1-19H. The van der Waals surface area contributed by atoms with Crippen LogP contribution in [0.15, 0.2) is 115 Å². The van der Waals surface area contributed by atoms with Gasteiger partial charge in [0, 0.05) is 16.1 Å². The highest BCUT2D eigenvalue weighted by molar-refractivity contribution is 6.30. The van der Waals surface area contributed by atoms with Gasteiger partial charge in [-0.05, 0) is 63.7 Å². The second kappa shape index (κ2) is 6.84.